The van der Waals surface area contributed by atoms with E-state index in [4.69, 9.17) is 10.5 Å². The summed E-state index contributed by atoms with van der Waals surface area (Å²) in [5.41, 5.74) is 5.11. The zero-order valence-corrected chi connectivity index (χ0v) is 15.4. The fourth-order valence-electron chi connectivity index (χ4n) is 2.69. The molecule has 0 saturated carbocycles. The van der Waals surface area contributed by atoms with Crippen molar-refractivity contribution in [2.24, 2.45) is 14.1 Å². The molecule has 1 aromatic heterocycles. The van der Waals surface area contributed by atoms with Crippen LogP contribution in [0, 0.1) is 10.1 Å². The maximum Gasteiger partial charge on any atom is 0.332 e. The average Bonchev–Trinajstić information content (AvgIpc) is 2.57. The molecule has 0 saturated heterocycles. The minimum absolute atomic E-state index is 0.0160. The van der Waals surface area contributed by atoms with E-state index < -0.39 is 28.6 Å². The molecule has 0 unspecified atom stereocenters. The van der Waals surface area contributed by atoms with Gasteiger partial charge in [0.05, 0.1) is 18.6 Å². The summed E-state index contributed by atoms with van der Waals surface area (Å²) >= 11 is 3.31. The fourth-order valence-corrected chi connectivity index (χ4v) is 3.06. The molecule has 0 aliphatic carbocycles. The quantitative estimate of drug-likeness (QED) is 0.573. The zero-order valence-electron chi connectivity index (χ0n) is 13.9. The first kappa shape index (κ1) is 18.7. The standard InChI is InChI=1S/C15H17BrN4O5/c1-18-13(17)12(14(21)19(2)15(18)22)10(7-20(23)24)9-6-8(16)4-5-11(9)25-3/h4-6,10H,7,17H2,1-3H3/t10-/m0/s1. The van der Waals surface area contributed by atoms with Gasteiger partial charge in [0.25, 0.3) is 5.56 Å². The average molecular weight is 413 g/mol. The highest BCUT2D eigenvalue weighted by molar-refractivity contribution is 9.10. The number of rotatable bonds is 5. The van der Waals surface area contributed by atoms with Gasteiger partial charge >= 0.3 is 5.69 Å². The van der Waals surface area contributed by atoms with Crippen molar-refractivity contribution in [2.75, 3.05) is 19.4 Å². The van der Waals surface area contributed by atoms with E-state index in [0.29, 0.717) is 15.8 Å². The summed E-state index contributed by atoms with van der Waals surface area (Å²) < 4.78 is 7.92. The van der Waals surface area contributed by atoms with Crippen LogP contribution in [0.3, 0.4) is 0 Å². The van der Waals surface area contributed by atoms with Crippen molar-refractivity contribution >= 4 is 21.7 Å². The number of methoxy groups -OCH3 is 1. The number of nitrogen functional groups attached to an aromatic ring is 1. The molecular formula is C15H17BrN4O5. The van der Waals surface area contributed by atoms with Crippen LogP contribution in [0.2, 0.25) is 0 Å². The van der Waals surface area contributed by atoms with E-state index >= 15 is 0 Å². The van der Waals surface area contributed by atoms with Crippen molar-refractivity contribution < 1.29 is 9.66 Å². The lowest BCUT2D eigenvalue weighted by atomic mass is 9.91. The van der Waals surface area contributed by atoms with Gasteiger partial charge in [0, 0.05) is 29.1 Å². The monoisotopic (exact) mass is 412 g/mol. The second kappa shape index (κ2) is 7.09. The fraction of sp³-hybridized carbons (Fsp3) is 0.333. The van der Waals surface area contributed by atoms with E-state index in [1.807, 2.05) is 0 Å². The van der Waals surface area contributed by atoms with Crippen LogP contribution >= 0.6 is 15.9 Å². The molecule has 10 heteroatoms. The molecular weight excluding hydrogens is 396 g/mol. The van der Waals surface area contributed by atoms with Gasteiger partial charge in [-0.2, -0.15) is 0 Å². The molecule has 1 aromatic carbocycles. The van der Waals surface area contributed by atoms with Crippen LogP contribution in [0.4, 0.5) is 5.82 Å². The first-order valence-electron chi connectivity index (χ1n) is 7.19. The molecule has 2 N–H and O–H groups in total. The topological polar surface area (TPSA) is 122 Å². The number of benzene rings is 1. The van der Waals surface area contributed by atoms with Crippen LogP contribution in [0.25, 0.3) is 0 Å². The van der Waals surface area contributed by atoms with Gasteiger partial charge in [-0.25, -0.2) is 4.79 Å². The van der Waals surface area contributed by atoms with Crippen LogP contribution in [0.15, 0.2) is 32.3 Å². The summed E-state index contributed by atoms with van der Waals surface area (Å²) in [5, 5.41) is 11.2. The normalized spacial score (nSPS) is 12.0. The lowest BCUT2D eigenvalue weighted by Gasteiger charge is -2.20. The lowest BCUT2D eigenvalue weighted by Crippen LogP contribution is -2.42. The minimum atomic E-state index is -0.979. The molecule has 0 aliphatic rings. The number of aromatic nitrogens is 2. The van der Waals surface area contributed by atoms with Crippen molar-refractivity contribution in [2.45, 2.75) is 5.92 Å². The van der Waals surface area contributed by atoms with E-state index in [2.05, 4.69) is 15.9 Å². The Bertz CT molecular complexity index is 950. The maximum atomic E-state index is 12.6. The van der Waals surface area contributed by atoms with E-state index in [1.54, 1.807) is 18.2 Å². The number of ether oxygens (including phenoxy) is 1. The first-order chi connectivity index (χ1) is 11.7. The van der Waals surface area contributed by atoms with Crippen molar-refractivity contribution in [3.8, 4) is 5.75 Å². The molecule has 2 aromatic rings. The number of hydrogen-bond donors (Lipinski definition) is 1. The van der Waals surface area contributed by atoms with E-state index in [-0.39, 0.29) is 11.4 Å². The van der Waals surface area contributed by atoms with E-state index in [9.17, 15) is 19.7 Å². The third kappa shape index (κ3) is 3.43. The van der Waals surface area contributed by atoms with Crippen molar-refractivity contribution in [3.05, 3.63) is 64.8 Å². The minimum Gasteiger partial charge on any atom is -0.496 e. The zero-order chi connectivity index (χ0) is 18.9. The molecule has 25 heavy (non-hydrogen) atoms. The molecule has 0 radical (unpaired) electrons. The Morgan fingerprint density at radius 3 is 2.52 bits per heavy atom. The highest BCUT2D eigenvalue weighted by atomic mass is 79.9. The summed E-state index contributed by atoms with van der Waals surface area (Å²) in [6, 6.07) is 4.99. The van der Waals surface area contributed by atoms with Gasteiger partial charge in [-0.05, 0) is 18.2 Å². The number of anilines is 1. The molecule has 0 fully saturated rings. The predicted octanol–water partition coefficient (Wildman–Crippen LogP) is 0.846. The lowest BCUT2D eigenvalue weighted by molar-refractivity contribution is -0.481. The Morgan fingerprint density at radius 2 is 1.96 bits per heavy atom. The number of halogens is 1. The first-order valence-corrected chi connectivity index (χ1v) is 7.99. The second-order valence-electron chi connectivity index (χ2n) is 5.46. The molecule has 134 valence electrons. The summed E-state index contributed by atoms with van der Waals surface area (Å²) in [6.45, 7) is -0.579. The maximum absolute atomic E-state index is 12.6. The highest BCUT2D eigenvalue weighted by Gasteiger charge is 2.30. The van der Waals surface area contributed by atoms with Crippen LogP contribution in [-0.4, -0.2) is 27.7 Å². The van der Waals surface area contributed by atoms with Gasteiger partial charge in [0.1, 0.15) is 11.6 Å². The van der Waals surface area contributed by atoms with Gasteiger partial charge < -0.3 is 10.5 Å². The van der Waals surface area contributed by atoms with E-state index in [1.165, 1.54) is 21.2 Å². The van der Waals surface area contributed by atoms with Crippen molar-refractivity contribution in [3.63, 3.8) is 0 Å². The number of nitrogens with zero attached hydrogens (tertiary/aromatic N) is 3. The van der Waals surface area contributed by atoms with Crippen molar-refractivity contribution in [1.82, 2.24) is 9.13 Å². The van der Waals surface area contributed by atoms with Crippen LogP contribution in [0.5, 0.6) is 5.75 Å². The van der Waals surface area contributed by atoms with Gasteiger partial charge in [-0.1, -0.05) is 15.9 Å². The molecule has 2 rings (SSSR count). The Kier molecular flexibility index (Phi) is 5.31. The van der Waals surface area contributed by atoms with Crippen molar-refractivity contribution in [1.29, 1.82) is 0 Å². The second-order valence-corrected chi connectivity index (χ2v) is 6.37. The van der Waals surface area contributed by atoms with Gasteiger partial charge in [0.15, 0.2) is 0 Å². The molecule has 0 bridgehead atoms. The number of hydrogen-bond acceptors (Lipinski definition) is 6. The predicted molar refractivity (Wildman–Crippen MR) is 95.7 cm³/mol. The van der Waals surface area contributed by atoms with Crippen LogP contribution in [-0.2, 0) is 14.1 Å². The smallest absolute Gasteiger partial charge is 0.332 e. The molecule has 0 aliphatic heterocycles. The summed E-state index contributed by atoms with van der Waals surface area (Å²) in [4.78, 5) is 35.3. The Morgan fingerprint density at radius 1 is 1.32 bits per heavy atom. The third-order valence-corrected chi connectivity index (χ3v) is 4.49. The highest BCUT2D eigenvalue weighted by Crippen LogP contribution is 2.34. The Balaban J connectivity index is 2.86. The Labute approximate surface area is 150 Å². The molecule has 0 spiro atoms. The molecule has 0 amide bonds. The largest absolute Gasteiger partial charge is 0.496 e. The Hall–Kier alpha value is -2.62. The SMILES string of the molecule is COc1ccc(Br)cc1[C@H](C[N+](=O)[O-])c1c(N)n(C)c(=O)n(C)c1=O. The summed E-state index contributed by atoms with van der Waals surface area (Å²) in [5.74, 6) is -0.708. The van der Waals surface area contributed by atoms with Crippen LogP contribution < -0.4 is 21.7 Å². The summed E-state index contributed by atoms with van der Waals surface area (Å²) in [7, 11) is 4.13. The molecule has 9 nitrogen and oxygen atoms in total. The van der Waals surface area contributed by atoms with E-state index in [0.717, 1.165) is 9.13 Å². The summed E-state index contributed by atoms with van der Waals surface area (Å²) in [6.07, 6.45) is 0. The molecule has 1 heterocycles. The van der Waals surface area contributed by atoms with Crippen LogP contribution in [0.1, 0.15) is 17.0 Å². The van der Waals surface area contributed by atoms with Gasteiger partial charge in [-0.15, -0.1) is 0 Å². The van der Waals surface area contributed by atoms with Gasteiger partial charge in [0.2, 0.25) is 6.54 Å². The third-order valence-electron chi connectivity index (χ3n) is 3.99. The number of nitro groups is 1. The van der Waals surface area contributed by atoms with Gasteiger partial charge in [-0.3, -0.25) is 24.0 Å². The number of nitrogens with two attached hydrogens (primary N) is 1. The molecule has 1 atom stereocenters.